The molecule has 0 amide bonds. The van der Waals surface area contributed by atoms with Gasteiger partial charge in [-0.1, -0.05) is 78.4 Å². The molecule has 1 unspecified atom stereocenters. The summed E-state index contributed by atoms with van der Waals surface area (Å²) < 4.78 is 17.5. The number of benzene rings is 3. The van der Waals surface area contributed by atoms with Crippen LogP contribution in [0.4, 0.5) is 0 Å². The monoisotopic (exact) mass is 573 g/mol. The highest BCUT2D eigenvalue weighted by Crippen LogP contribution is 2.37. The second-order valence-corrected chi connectivity index (χ2v) is 12.8. The van der Waals surface area contributed by atoms with Crippen molar-refractivity contribution in [1.29, 1.82) is 0 Å². The average molecular weight is 574 g/mol. The number of fused-ring (bicyclic) bond motifs is 3. The van der Waals surface area contributed by atoms with Crippen molar-refractivity contribution in [1.82, 2.24) is 23.2 Å². The molecule has 1 atom stereocenters. The van der Waals surface area contributed by atoms with Crippen LogP contribution in [0.3, 0.4) is 0 Å². The summed E-state index contributed by atoms with van der Waals surface area (Å²) in [5.74, 6) is 0.420. The van der Waals surface area contributed by atoms with Gasteiger partial charge in [-0.3, -0.25) is 9.30 Å². The normalized spacial score (nSPS) is 18.1. The number of aryl methyl sites for hydroxylation is 1. The third-order valence-electron chi connectivity index (χ3n) is 8.65. The van der Waals surface area contributed by atoms with Gasteiger partial charge < -0.3 is 0 Å². The SMILES string of the molecule is Cc1ccc(S(=O)n2ccc3c2ncc2ncc(C4CCC(N(Cc5ccccc5)Cc5ccccc5)CC4)n23)cc1. The number of imidazole rings is 1. The van der Waals surface area contributed by atoms with E-state index in [4.69, 9.17) is 4.98 Å². The van der Waals surface area contributed by atoms with E-state index < -0.39 is 11.0 Å². The van der Waals surface area contributed by atoms with E-state index in [1.54, 1.807) is 3.97 Å². The Balaban J connectivity index is 1.13. The molecule has 7 heteroatoms. The van der Waals surface area contributed by atoms with Crippen molar-refractivity contribution >= 4 is 27.8 Å². The molecular weight excluding hydrogens is 538 g/mol. The van der Waals surface area contributed by atoms with Gasteiger partial charge in [0.25, 0.3) is 0 Å². The highest BCUT2D eigenvalue weighted by atomic mass is 32.2. The second kappa shape index (κ2) is 11.7. The predicted molar refractivity (Wildman–Crippen MR) is 169 cm³/mol. The molecule has 0 saturated heterocycles. The lowest BCUT2D eigenvalue weighted by atomic mass is 9.83. The Morgan fingerprint density at radius 1 is 0.786 bits per heavy atom. The Morgan fingerprint density at radius 3 is 2.07 bits per heavy atom. The molecule has 1 aliphatic rings. The summed E-state index contributed by atoms with van der Waals surface area (Å²) in [4.78, 5) is 12.9. The maximum Gasteiger partial charge on any atom is 0.169 e. The average Bonchev–Trinajstić information content (AvgIpc) is 3.67. The maximum absolute atomic E-state index is 13.5. The van der Waals surface area contributed by atoms with E-state index >= 15 is 0 Å². The van der Waals surface area contributed by atoms with E-state index in [-0.39, 0.29) is 0 Å². The van der Waals surface area contributed by atoms with Crippen LogP contribution in [0, 0.1) is 6.92 Å². The highest BCUT2D eigenvalue weighted by Gasteiger charge is 2.29. The van der Waals surface area contributed by atoms with E-state index in [1.165, 1.54) is 16.8 Å². The van der Waals surface area contributed by atoms with Crippen molar-refractivity contribution < 1.29 is 4.21 Å². The summed E-state index contributed by atoms with van der Waals surface area (Å²) in [6.45, 7) is 3.95. The molecule has 7 rings (SSSR count). The van der Waals surface area contributed by atoms with Gasteiger partial charge in [-0.2, -0.15) is 0 Å². The van der Waals surface area contributed by atoms with E-state index in [0.29, 0.717) is 17.6 Å². The van der Waals surface area contributed by atoms with Crippen LogP contribution in [0.1, 0.15) is 54.0 Å². The van der Waals surface area contributed by atoms with Gasteiger partial charge in [0.1, 0.15) is 0 Å². The zero-order valence-corrected chi connectivity index (χ0v) is 24.7. The molecular formula is C35H35N5OS. The third kappa shape index (κ3) is 5.30. The zero-order chi connectivity index (χ0) is 28.5. The van der Waals surface area contributed by atoms with Crippen LogP contribution in [0.2, 0.25) is 0 Å². The molecule has 1 saturated carbocycles. The molecule has 42 heavy (non-hydrogen) atoms. The van der Waals surface area contributed by atoms with Crippen LogP contribution in [-0.2, 0) is 24.1 Å². The van der Waals surface area contributed by atoms with Crippen molar-refractivity contribution in [3.8, 4) is 0 Å². The summed E-state index contributed by atoms with van der Waals surface area (Å²) >= 11 is 0. The van der Waals surface area contributed by atoms with Gasteiger partial charge in [-0.25, -0.2) is 18.1 Å². The fraction of sp³-hybridized carbons (Fsp3) is 0.257. The van der Waals surface area contributed by atoms with Gasteiger partial charge >= 0.3 is 0 Å². The van der Waals surface area contributed by atoms with Crippen molar-refractivity contribution in [2.45, 2.75) is 62.6 Å². The summed E-state index contributed by atoms with van der Waals surface area (Å²) in [6.07, 6.45) is 10.2. The van der Waals surface area contributed by atoms with Crippen molar-refractivity contribution in [3.63, 3.8) is 0 Å². The largest absolute Gasteiger partial charge is 0.292 e. The van der Waals surface area contributed by atoms with E-state index in [0.717, 1.165) is 60.4 Å². The van der Waals surface area contributed by atoms with Gasteiger partial charge in [-0.05, 0) is 61.9 Å². The molecule has 6 aromatic rings. The third-order valence-corrected chi connectivity index (χ3v) is 9.98. The van der Waals surface area contributed by atoms with Crippen LogP contribution < -0.4 is 0 Å². The molecule has 3 heterocycles. The standard InChI is InChI=1S/C35H35N5OS/c1-26-12-18-31(19-13-26)42(41)39-21-20-32-35(39)37-23-34-36-22-33(40(32)34)29-14-16-30(17-15-29)38(24-27-8-4-2-5-9-27)25-28-10-6-3-7-11-28/h2-13,18-23,29-30H,14-17,24-25H2,1H3. The van der Waals surface area contributed by atoms with Gasteiger partial charge in [0.15, 0.2) is 22.3 Å². The summed E-state index contributed by atoms with van der Waals surface area (Å²) in [7, 11) is -1.37. The quantitative estimate of drug-likeness (QED) is 0.192. The Morgan fingerprint density at radius 2 is 1.43 bits per heavy atom. The van der Waals surface area contributed by atoms with E-state index in [9.17, 15) is 4.21 Å². The fourth-order valence-corrected chi connectivity index (χ4v) is 7.49. The number of aromatic nitrogens is 4. The minimum absolute atomic E-state index is 0.420. The second-order valence-electron chi connectivity index (χ2n) is 11.4. The Bertz CT molecular complexity index is 1780. The first-order chi connectivity index (χ1) is 20.6. The highest BCUT2D eigenvalue weighted by molar-refractivity contribution is 7.83. The van der Waals surface area contributed by atoms with Crippen LogP contribution in [0.25, 0.3) is 16.8 Å². The predicted octanol–water partition coefficient (Wildman–Crippen LogP) is 7.29. The molecule has 0 bridgehead atoms. The Hall–Kier alpha value is -4.07. The van der Waals surface area contributed by atoms with Gasteiger partial charge in [-0.15, -0.1) is 0 Å². The molecule has 1 aliphatic carbocycles. The first-order valence-corrected chi connectivity index (χ1v) is 15.9. The molecule has 0 aliphatic heterocycles. The summed E-state index contributed by atoms with van der Waals surface area (Å²) in [5.41, 5.74) is 7.61. The smallest absolute Gasteiger partial charge is 0.169 e. The molecule has 0 spiro atoms. The van der Waals surface area contributed by atoms with Crippen LogP contribution in [0.5, 0.6) is 0 Å². The lowest BCUT2D eigenvalue weighted by molar-refractivity contribution is 0.133. The first-order valence-electron chi connectivity index (χ1n) is 14.8. The molecule has 0 N–H and O–H groups in total. The van der Waals surface area contributed by atoms with E-state index in [2.05, 4.69) is 74.9 Å². The number of nitrogens with zero attached hydrogens (tertiary/aromatic N) is 5. The lowest BCUT2D eigenvalue weighted by Gasteiger charge is -2.37. The van der Waals surface area contributed by atoms with Crippen LogP contribution in [-0.4, -0.2) is 33.5 Å². The van der Waals surface area contributed by atoms with E-state index in [1.807, 2.05) is 55.8 Å². The molecule has 212 valence electrons. The molecule has 0 radical (unpaired) electrons. The van der Waals surface area contributed by atoms with Crippen LogP contribution in [0.15, 0.2) is 114 Å². The minimum atomic E-state index is -1.37. The summed E-state index contributed by atoms with van der Waals surface area (Å²) in [6, 6.07) is 32.1. The fourth-order valence-electron chi connectivity index (χ4n) is 6.42. The van der Waals surface area contributed by atoms with Crippen LogP contribution >= 0.6 is 0 Å². The van der Waals surface area contributed by atoms with Gasteiger partial charge in [0.2, 0.25) is 0 Å². The lowest BCUT2D eigenvalue weighted by Crippen LogP contribution is -2.37. The Kier molecular flexibility index (Phi) is 7.44. The summed E-state index contributed by atoms with van der Waals surface area (Å²) in [5, 5.41) is 0. The molecule has 3 aromatic heterocycles. The maximum atomic E-state index is 13.5. The first kappa shape index (κ1) is 26.8. The van der Waals surface area contributed by atoms with Gasteiger partial charge in [0, 0.05) is 43.1 Å². The molecule has 3 aromatic carbocycles. The number of rotatable bonds is 8. The number of hydrogen-bond acceptors (Lipinski definition) is 4. The molecule has 6 nitrogen and oxygen atoms in total. The van der Waals surface area contributed by atoms with Gasteiger partial charge in [0.05, 0.1) is 16.6 Å². The zero-order valence-electron chi connectivity index (χ0n) is 23.8. The van der Waals surface area contributed by atoms with Crippen molar-refractivity contribution in [3.05, 3.63) is 132 Å². The topological polar surface area (TPSA) is 55.4 Å². The molecule has 1 fully saturated rings. The van der Waals surface area contributed by atoms with Crippen molar-refractivity contribution in [2.24, 2.45) is 0 Å². The minimum Gasteiger partial charge on any atom is -0.292 e. The Labute approximate surface area is 249 Å². The number of hydrogen-bond donors (Lipinski definition) is 0. The van der Waals surface area contributed by atoms with Crippen molar-refractivity contribution in [2.75, 3.05) is 0 Å².